The Hall–Kier alpha value is -1.31. The van der Waals surface area contributed by atoms with Crippen molar-refractivity contribution in [2.24, 2.45) is 5.92 Å². The number of amides is 1. The van der Waals surface area contributed by atoms with Gasteiger partial charge in [-0.05, 0) is 24.8 Å². The average molecular weight is 215 g/mol. The number of fused-ring (bicyclic) bond motifs is 2. The minimum atomic E-state index is 0.161. The molecular formula is C14H17NO. The molecule has 2 atom stereocenters. The zero-order chi connectivity index (χ0) is 11.0. The van der Waals surface area contributed by atoms with Crippen LogP contribution in [0.15, 0.2) is 35.5 Å². The lowest BCUT2D eigenvalue weighted by molar-refractivity contribution is -0.119. The molecular weight excluding hydrogens is 198 g/mol. The highest BCUT2D eigenvalue weighted by Gasteiger charge is 2.35. The van der Waals surface area contributed by atoms with E-state index in [1.807, 2.05) is 6.08 Å². The van der Waals surface area contributed by atoms with Crippen molar-refractivity contribution < 1.29 is 4.79 Å². The Morgan fingerprint density at radius 1 is 1.19 bits per heavy atom. The van der Waals surface area contributed by atoms with E-state index in [2.05, 4.69) is 23.5 Å². The predicted octanol–water partition coefficient (Wildman–Crippen LogP) is 2.49. The van der Waals surface area contributed by atoms with Crippen LogP contribution in [0.5, 0.6) is 0 Å². The second-order valence-corrected chi connectivity index (χ2v) is 4.90. The van der Waals surface area contributed by atoms with Crippen molar-refractivity contribution in [2.45, 2.75) is 38.1 Å². The molecule has 2 aliphatic carbocycles. The monoisotopic (exact) mass is 215 g/mol. The zero-order valence-corrected chi connectivity index (χ0v) is 9.41. The van der Waals surface area contributed by atoms with Crippen LogP contribution in [-0.4, -0.2) is 11.9 Å². The molecule has 0 aromatic rings. The number of hydrogen-bond donors (Lipinski definition) is 1. The summed E-state index contributed by atoms with van der Waals surface area (Å²) in [6.45, 7) is 0. The summed E-state index contributed by atoms with van der Waals surface area (Å²) in [5.41, 5.74) is 2.30. The summed E-state index contributed by atoms with van der Waals surface area (Å²) in [4.78, 5) is 12.0. The molecule has 0 aromatic heterocycles. The lowest BCUT2D eigenvalue weighted by Crippen LogP contribution is -2.47. The topological polar surface area (TPSA) is 29.1 Å². The lowest BCUT2D eigenvalue weighted by atomic mass is 9.75. The molecule has 0 saturated heterocycles. The first-order valence-electron chi connectivity index (χ1n) is 6.23. The molecule has 2 unspecified atom stereocenters. The highest BCUT2D eigenvalue weighted by molar-refractivity contribution is 5.96. The van der Waals surface area contributed by atoms with Crippen LogP contribution in [-0.2, 0) is 4.79 Å². The third kappa shape index (κ3) is 1.53. The Balaban J connectivity index is 2.01. The van der Waals surface area contributed by atoms with E-state index in [-0.39, 0.29) is 5.91 Å². The predicted molar refractivity (Wildman–Crippen MR) is 63.8 cm³/mol. The van der Waals surface area contributed by atoms with Crippen LogP contribution >= 0.6 is 0 Å². The van der Waals surface area contributed by atoms with Gasteiger partial charge in [-0.1, -0.05) is 37.1 Å². The van der Waals surface area contributed by atoms with Gasteiger partial charge >= 0.3 is 0 Å². The number of hydrogen-bond acceptors (Lipinski definition) is 1. The molecule has 0 radical (unpaired) electrons. The summed E-state index contributed by atoms with van der Waals surface area (Å²) in [6.07, 6.45) is 14.1. The van der Waals surface area contributed by atoms with Gasteiger partial charge in [0, 0.05) is 17.5 Å². The van der Waals surface area contributed by atoms with Gasteiger partial charge in [0.2, 0.25) is 5.91 Å². The Labute approximate surface area is 96.1 Å². The molecule has 0 spiro atoms. The summed E-state index contributed by atoms with van der Waals surface area (Å²) in [5, 5.41) is 3.18. The van der Waals surface area contributed by atoms with E-state index < -0.39 is 0 Å². The maximum absolute atomic E-state index is 12.0. The second-order valence-electron chi connectivity index (χ2n) is 4.90. The minimum Gasteiger partial charge on any atom is -0.349 e. The Bertz CT molecular complexity index is 403. The summed E-state index contributed by atoms with van der Waals surface area (Å²) < 4.78 is 0. The minimum absolute atomic E-state index is 0.161. The molecule has 3 rings (SSSR count). The third-order valence-electron chi connectivity index (χ3n) is 3.95. The van der Waals surface area contributed by atoms with E-state index in [1.165, 1.54) is 24.8 Å². The molecule has 2 heteroatoms. The van der Waals surface area contributed by atoms with Gasteiger partial charge < -0.3 is 5.32 Å². The molecule has 1 saturated carbocycles. The Morgan fingerprint density at radius 3 is 3.00 bits per heavy atom. The van der Waals surface area contributed by atoms with Gasteiger partial charge in [-0.25, -0.2) is 0 Å². The lowest BCUT2D eigenvalue weighted by Gasteiger charge is -2.38. The van der Waals surface area contributed by atoms with Crippen molar-refractivity contribution in [2.75, 3.05) is 0 Å². The third-order valence-corrected chi connectivity index (χ3v) is 3.95. The fourth-order valence-corrected chi connectivity index (χ4v) is 3.14. The highest BCUT2D eigenvalue weighted by atomic mass is 16.1. The molecule has 0 bridgehead atoms. The number of nitrogens with one attached hydrogen (secondary N) is 1. The summed E-state index contributed by atoms with van der Waals surface area (Å²) in [6, 6.07) is 0.391. The van der Waals surface area contributed by atoms with Crippen LogP contribution in [0.4, 0.5) is 0 Å². The van der Waals surface area contributed by atoms with E-state index >= 15 is 0 Å². The smallest absolute Gasteiger partial charge is 0.248 e. The molecule has 1 N–H and O–H groups in total. The van der Waals surface area contributed by atoms with Crippen LogP contribution < -0.4 is 5.32 Å². The fourth-order valence-electron chi connectivity index (χ4n) is 3.14. The standard InChI is InChI=1S/C14H17NO/c16-14-12-8-3-1-2-6-10(12)11-7-4-5-9-13(11)15-14/h1-3,6,11,13H,4-5,7-9H2,(H,15,16). The number of allylic oxidation sites excluding steroid dienone is 4. The van der Waals surface area contributed by atoms with Crippen molar-refractivity contribution >= 4 is 5.91 Å². The molecule has 1 fully saturated rings. The fraction of sp³-hybridized carbons (Fsp3) is 0.500. The van der Waals surface area contributed by atoms with Crippen LogP contribution in [0.2, 0.25) is 0 Å². The van der Waals surface area contributed by atoms with Crippen molar-refractivity contribution in [3.8, 4) is 0 Å². The molecule has 2 nitrogen and oxygen atoms in total. The van der Waals surface area contributed by atoms with Gasteiger partial charge in [0.15, 0.2) is 0 Å². The van der Waals surface area contributed by atoms with Gasteiger partial charge in [0.25, 0.3) is 0 Å². The van der Waals surface area contributed by atoms with Crippen LogP contribution in [0.25, 0.3) is 0 Å². The van der Waals surface area contributed by atoms with Gasteiger partial charge in [0.05, 0.1) is 0 Å². The van der Waals surface area contributed by atoms with Crippen molar-refractivity contribution in [3.05, 3.63) is 35.5 Å². The van der Waals surface area contributed by atoms with Gasteiger partial charge in [-0.15, -0.1) is 0 Å². The first-order valence-corrected chi connectivity index (χ1v) is 6.23. The Morgan fingerprint density at radius 2 is 2.06 bits per heavy atom. The van der Waals surface area contributed by atoms with Crippen LogP contribution in [0.3, 0.4) is 0 Å². The van der Waals surface area contributed by atoms with E-state index in [1.54, 1.807) is 0 Å². The average Bonchev–Trinajstić information content (AvgIpc) is 2.55. The van der Waals surface area contributed by atoms with Gasteiger partial charge in [0.1, 0.15) is 0 Å². The summed E-state index contributed by atoms with van der Waals surface area (Å²) >= 11 is 0. The van der Waals surface area contributed by atoms with Crippen molar-refractivity contribution in [1.29, 1.82) is 0 Å². The van der Waals surface area contributed by atoms with E-state index in [0.29, 0.717) is 12.0 Å². The van der Waals surface area contributed by atoms with Gasteiger partial charge in [-0.3, -0.25) is 4.79 Å². The number of carbonyl (C=O) groups excluding carboxylic acids is 1. The zero-order valence-electron chi connectivity index (χ0n) is 9.41. The SMILES string of the molecule is O=C1NC2CCCCC2C2=C1CC=CC=C2. The summed E-state index contributed by atoms with van der Waals surface area (Å²) in [5.74, 6) is 0.729. The molecule has 0 aromatic carbocycles. The first kappa shape index (κ1) is 9.88. The number of rotatable bonds is 0. The largest absolute Gasteiger partial charge is 0.349 e. The Kier molecular flexibility index (Phi) is 2.43. The van der Waals surface area contributed by atoms with Crippen LogP contribution in [0, 0.1) is 5.92 Å². The van der Waals surface area contributed by atoms with E-state index in [4.69, 9.17) is 0 Å². The number of carbonyl (C=O) groups is 1. The maximum atomic E-state index is 12.0. The molecule has 1 aliphatic heterocycles. The molecule has 1 amide bonds. The molecule has 3 aliphatic rings. The maximum Gasteiger partial charge on any atom is 0.248 e. The van der Waals surface area contributed by atoms with Crippen LogP contribution in [0.1, 0.15) is 32.1 Å². The van der Waals surface area contributed by atoms with Crippen molar-refractivity contribution in [3.63, 3.8) is 0 Å². The van der Waals surface area contributed by atoms with Gasteiger partial charge in [-0.2, -0.15) is 0 Å². The highest BCUT2D eigenvalue weighted by Crippen LogP contribution is 2.37. The molecule has 1 heterocycles. The molecule has 16 heavy (non-hydrogen) atoms. The summed E-state index contributed by atoms with van der Waals surface area (Å²) in [7, 11) is 0. The first-order chi connectivity index (χ1) is 7.86. The second kappa shape index (κ2) is 3.93. The van der Waals surface area contributed by atoms with Crippen molar-refractivity contribution in [1.82, 2.24) is 5.32 Å². The quantitative estimate of drug-likeness (QED) is 0.661. The normalized spacial score (nSPS) is 32.9. The molecule has 84 valence electrons. The van der Waals surface area contributed by atoms with E-state index in [9.17, 15) is 4.79 Å². The van der Waals surface area contributed by atoms with E-state index in [0.717, 1.165) is 18.4 Å².